The Hall–Kier alpha value is -3.56. The SMILES string of the molecule is Br.COc1ccc(F)cc1[C@@]1(O)[C@H](O)CC(c2ccccc2)(c2ccccc2)[C@@H]2CN(C(=O)C(CCCc3ccccc3)N(C)C)C[C@@H]21. The summed E-state index contributed by atoms with van der Waals surface area (Å²) in [4.78, 5) is 18.4. The zero-order valence-corrected chi connectivity index (χ0v) is 29.5. The summed E-state index contributed by atoms with van der Waals surface area (Å²) in [7, 11) is 5.35. The van der Waals surface area contributed by atoms with Gasteiger partial charge in [-0.15, -0.1) is 17.0 Å². The summed E-state index contributed by atoms with van der Waals surface area (Å²) in [5.74, 6) is -1.16. The molecule has 1 saturated heterocycles. The van der Waals surface area contributed by atoms with Gasteiger partial charge in [0.1, 0.15) is 17.2 Å². The predicted molar refractivity (Wildman–Crippen MR) is 192 cm³/mol. The molecular formula is C40H46BrFN2O4. The van der Waals surface area contributed by atoms with Gasteiger partial charge in [0.15, 0.2) is 0 Å². The number of ether oxygens (including phenoxy) is 1. The zero-order valence-electron chi connectivity index (χ0n) is 27.8. The number of methoxy groups -OCH3 is 1. The molecule has 0 bridgehead atoms. The van der Waals surface area contributed by atoms with Gasteiger partial charge in [-0.3, -0.25) is 9.69 Å². The number of aryl methyl sites for hydroxylation is 1. The second-order valence-corrected chi connectivity index (χ2v) is 13.4. The number of benzene rings is 4. The first-order valence-corrected chi connectivity index (χ1v) is 16.5. The van der Waals surface area contributed by atoms with E-state index in [2.05, 4.69) is 36.4 Å². The summed E-state index contributed by atoms with van der Waals surface area (Å²) in [6.07, 6.45) is 1.29. The Bertz CT molecular complexity index is 1620. The molecule has 1 saturated carbocycles. The lowest BCUT2D eigenvalue weighted by Crippen LogP contribution is -2.60. The summed E-state index contributed by atoms with van der Waals surface area (Å²) in [5, 5.41) is 25.0. The Labute approximate surface area is 293 Å². The first-order chi connectivity index (χ1) is 22.7. The molecule has 1 unspecified atom stereocenters. The number of likely N-dealkylation sites (N-methyl/N-ethyl adjacent to an activating group) is 1. The number of aliphatic hydroxyl groups is 2. The van der Waals surface area contributed by atoms with Crippen LogP contribution in [-0.4, -0.2) is 72.4 Å². The number of likely N-dealkylation sites (tertiary alicyclic amines) is 1. The highest BCUT2D eigenvalue weighted by Gasteiger charge is 2.65. The summed E-state index contributed by atoms with van der Waals surface area (Å²) < 4.78 is 20.5. The van der Waals surface area contributed by atoms with Crippen LogP contribution in [0, 0.1) is 17.7 Å². The van der Waals surface area contributed by atoms with E-state index < -0.39 is 28.9 Å². The van der Waals surface area contributed by atoms with E-state index >= 15 is 0 Å². The molecule has 0 aromatic heterocycles. The monoisotopic (exact) mass is 716 g/mol. The van der Waals surface area contributed by atoms with Crippen LogP contribution in [0.1, 0.15) is 41.5 Å². The molecule has 2 aliphatic rings. The molecule has 4 aromatic carbocycles. The van der Waals surface area contributed by atoms with Crippen LogP contribution in [0.3, 0.4) is 0 Å². The Kier molecular flexibility index (Phi) is 11.1. The maximum atomic E-state index is 14.9. The molecule has 254 valence electrons. The minimum atomic E-state index is -1.87. The molecule has 1 aliphatic heterocycles. The van der Waals surface area contributed by atoms with Gasteiger partial charge in [0.05, 0.1) is 19.3 Å². The minimum absolute atomic E-state index is 0. The first kappa shape index (κ1) is 35.7. The van der Waals surface area contributed by atoms with E-state index in [4.69, 9.17) is 4.74 Å². The van der Waals surface area contributed by atoms with Crippen LogP contribution in [0.4, 0.5) is 4.39 Å². The largest absolute Gasteiger partial charge is 0.496 e. The molecule has 5 atom stereocenters. The Morgan fingerprint density at radius 1 is 0.917 bits per heavy atom. The van der Waals surface area contributed by atoms with E-state index in [-0.39, 0.29) is 53.4 Å². The van der Waals surface area contributed by atoms with Gasteiger partial charge in [-0.2, -0.15) is 0 Å². The molecule has 6 rings (SSSR count). The van der Waals surface area contributed by atoms with Crippen LogP contribution in [0.2, 0.25) is 0 Å². The maximum absolute atomic E-state index is 14.9. The smallest absolute Gasteiger partial charge is 0.239 e. The number of halogens is 2. The van der Waals surface area contributed by atoms with Gasteiger partial charge in [0, 0.05) is 30.0 Å². The predicted octanol–water partition coefficient (Wildman–Crippen LogP) is 6.38. The summed E-state index contributed by atoms with van der Waals surface area (Å²) in [6.45, 7) is 0.587. The molecule has 4 aromatic rings. The first-order valence-electron chi connectivity index (χ1n) is 16.5. The third-order valence-corrected chi connectivity index (χ3v) is 10.7. The van der Waals surface area contributed by atoms with Gasteiger partial charge < -0.3 is 19.8 Å². The number of amides is 1. The van der Waals surface area contributed by atoms with E-state index in [0.717, 1.165) is 24.0 Å². The van der Waals surface area contributed by atoms with E-state index in [0.29, 0.717) is 18.7 Å². The van der Waals surface area contributed by atoms with Crippen molar-refractivity contribution in [2.75, 3.05) is 34.3 Å². The summed E-state index contributed by atoms with van der Waals surface area (Å²) >= 11 is 0. The van der Waals surface area contributed by atoms with Crippen molar-refractivity contribution in [1.82, 2.24) is 9.80 Å². The number of aliphatic hydroxyl groups excluding tert-OH is 1. The molecule has 0 radical (unpaired) electrons. The number of hydrogen-bond acceptors (Lipinski definition) is 5. The second kappa shape index (κ2) is 14.9. The molecule has 6 nitrogen and oxygen atoms in total. The van der Waals surface area contributed by atoms with Gasteiger partial charge in [-0.1, -0.05) is 91.0 Å². The molecule has 1 heterocycles. The van der Waals surface area contributed by atoms with Crippen LogP contribution in [0.5, 0.6) is 5.75 Å². The highest BCUT2D eigenvalue weighted by atomic mass is 79.9. The van der Waals surface area contributed by atoms with Crippen molar-refractivity contribution in [2.45, 2.75) is 48.8 Å². The molecule has 8 heteroatoms. The van der Waals surface area contributed by atoms with Gasteiger partial charge in [-0.05, 0) is 80.6 Å². The third-order valence-electron chi connectivity index (χ3n) is 10.7. The molecule has 48 heavy (non-hydrogen) atoms. The van der Waals surface area contributed by atoms with Crippen molar-refractivity contribution in [2.24, 2.45) is 11.8 Å². The topological polar surface area (TPSA) is 73.2 Å². The fraction of sp³-hybridized carbons (Fsp3) is 0.375. The Morgan fingerprint density at radius 2 is 1.48 bits per heavy atom. The second-order valence-electron chi connectivity index (χ2n) is 13.4. The van der Waals surface area contributed by atoms with Crippen LogP contribution in [0.15, 0.2) is 109 Å². The molecule has 0 spiro atoms. The summed E-state index contributed by atoms with van der Waals surface area (Å²) in [5.41, 5.74) is 0.864. The van der Waals surface area contributed by atoms with Crippen LogP contribution >= 0.6 is 17.0 Å². The molecule has 2 fully saturated rings. The maximum Gasteiger partial charge on any atom is 0.239 e. The number of rotatable bonds is 10. The van der Waals surface area contributed by atoms with E-state index in [1.807, 2.05) is 78.5 Å². The molecule has 1 amide bonds. The zero-order chi connectivity index (χ0) is 33.2. The quantitative estimate of drug-likeness (QED) is 0.199. The highest BCUT2D eigenvalue weighted by molar-refractivity contribution is 8.93. The fourth-order valence-electron chi connectivity index (χ4n) is 8.42. The normalized spacial score (nSPS) is 23.6. The highest BCUT2D eigenvalue weighted by Crippen LogP contribution is 2.60. The summed E-state index contributed by atoms with van der Waals surface area (Å²) in [6, 6.07) is 34.2. The van der Waals surface area contributed by atoms with E-state index in [1.54, 1.807) is 0 Å². The number of fused-ring (bicyclic) bond motifs is 1. The van der Waals surface area contributed by atoms with Crippen molar-refractivity contribution >= 4 is 22.9 Å². The lowest BCUT2D eigenvalue weighted by atomic mass is 9.51. The van der Waals surface area contributed by atoms with Gasteiger partial charge in [-0.25, -0.2) is 4.39 Å². The lowest BCUT2D eigenvalue weighted by Gasteiger charge is -2.55. The van der Waals surface area contributed by atoms with Crippen molar-refractivity contribution in [3.8, 4) is 5.75 Å². The number of hydrogen-bond donors (Lipinski definition) is 2. The molecular weight excluding hydrogens is 671 g/mol. The molecule has 1 aliphatic carbocycles. The lowest BCUT2D eigenvalue weighted by molar-refractivity contribution is -0.168. The van der Waals surface area contributed by atoms with Crippen molar-refractivity contribution < 1.29 is 24.1 Å². The van der Waals surface area contributed by atoms with Gasteiger partial charge >= 0.3 is 0 Å². The van der Waals surface area contributed by atoms with Crippen LogP contribution in [0.25, 0.3) is 0 Å². The fourth-order valence-corrected chi connectivity index (χ4v) is 8.42. The Morgan fingerprint density at radius 3 is 2.04 bits per heavy atom. The standard InChI is InChI=1S/C40H45FN2O4.BrH/c1-42(2)35(21-13-16-28-14-7-4-8-15-28)38(45)43-26-33-34(27-43)40(46,32-24-31(41)22-23-36(32)47-3)37(44)25-39(33,29-17-9-5-10-18-29)30-19-11-6-12-20-30;/h4-12,14-15,17-20,22-24,33-35,37,44,46H,13,16,21,25-27H2,1-3H3;1H/t33-,34+,35?,37-,40+;/m1./s1. The average molecular weight is 718 g/mol. The van der Waals surface area contributed by atoms with E-state index in [9.17, 15) is 19.4 Å². The minimum Gasteiger partial charge on any atom is -0.496 e. The van der Waals surface area contributed by atoms with Crippen LogP contribution < -0.4 is 4.74 Å². The van der Waals surface area contributed by atoms with Crippen molar-refractivity contribution in [1.29, 1.82) is 0 Å². The van der Waals surface area contributed by atoms with E-state index in [1.165, 1.54) is 30.9 Å². The Balaban J connectivity index is 0.00000451. The van der Waals surface area contributed by atoms with Crippen LogP contribution in [-0.2, 0) is 22.2 Å². The van der Waals surface area contributed by atoms with Gasteiger partial charge in [0.2, 0.25) is 5.91 Å². The molecule has 2 N–H and O–H groups in total. The number of carbonyl (C=O) groups is 1. The number of carbonyl (C=O) groups excluding carboxylic acids is 1. The van der Waals surface area contributed by atoms with Crippen molar-refractivity contribution in [3.63, 3.8) is 0 Å². The number of nitrogens with zero attached hydrogens (tertiary/aromatic N) is 2. The third kappa shape index (κ3) is 6.43. The average Bonchev–Trinajstić information content (AvgIpc) is 3.56. The van der Waals surface area contributed by atoms with Gasteiger partial charge in [0.25, 0.3) is 0 Å². The van der Waals surface area contributed by atoms with Crippen molar-refractivity contribution in [3.05, 3.63) is 137 Å².